The second kappa shape index (κ2) is 16.1. The van der Waals surface area contributed by atoms with Gasteiger partial charge in [-0.3, -0.25) is 4.68 Å². The number of aliphatic hydroxyl groups is 2. The molecule has 5 heterocycles. The monoisotopic (exact) mass is 805 g/mol. The molecule has 2 unspecified atom stereocenters. The van der Waals surface area contributed by atoms with Gasteiger partial charge >= 0.3 is 0 Å². The second-order valence-corrected chi connectivity index (χ2v) is 12.8. The highest BCUT2D eigenvalue weighted by molar-refractivity contribution is 5.39. The minimum Gasteiger partial charge on any atom is -0.381 e. The van der Waals surface area contributed by atoms with E-state index in [9.17, 15) is 27.8 Å². The molecule has 0 saturated carbocycles. The second-order valence-electron chi connectivity index (χ2n) is 12.8. The summed E-state index contributed by atoms with van der Waals surface area (Å²) >= 11 is 0. The Morgan fingerprint density at radius 3 is 1.21 bits per heavy atom. The van der Waals surface area contributed by atoms with Crippen LogP contribution in [0.2, 0.25) is 0 Å². The van der Waals surface area contributed by atoms with E-state index >= 15 is 8.78 Å². The summed E-state index contributed by atoms with van der Waals surface area (Å²) in [6, 6.07) is 8.32. The molecule has 0 bridgehead atoms. The van der Waals surface area contributed by atoms with Crippen LogP contribution in [0.4, 0.5) is 26.3 Å². The van der Waals surface area contributed by atoms with Gasteiger partial charge in [0.15, 0.2) is 0 Å². The van der Waals surface area contributed by atoms with Crippen molar-refractivity contribution in [1.82, 2.24) is 73.8 Å². The lowest BCUT2D eigenvalue weighted by Crippen LogP contribution is -2.59. The van der Waals surface area contributed by atoms with Gasteiger partial charge in [0.1, 0.15) is 115 Å². The Balaban J connectivity index is 0.000000199. The summed E-state index contributed by atoms with van der Waals surface area (Å²) in [6.45, 7) is -1.05. The molecule has 0 aliphatic carbocycles. The van der Waals surface area contributed by atoms with Crippen molar-refractivity contribution in [1.29, 1.82) is 0 Å². The number of hydrogen-bond acceptors (Lipinski definition) is 12. The maximum absolute atomic E-state index is 15.6. The van der Waals surface area contributed by atoms with Gasteiger partial charge in [-0.05, 0) is 18.2 Å². The van der Waals surface area contributed by atoms with Crippen LogP contribution in [0.5, 0.6) is 0 Å². The molecule has 0 saturated heterocycles. The van der Waals surface area contributed by atoms with Gasteiger partial charge in [0.05, 0.1) is 26.2 Å². The van der Waals surface area contributed by atoms with Crippen molar-refractivity contribution in [2.45, 2.75) is 42.9 Å². The number of nitrogens with zero attached hydrogens (tertiary/aromatic N) is 15. The predicted molar refractivity (Wildman–Crippen MR) is 184 cm³/mol. The van der Waals surface area contributed by atoms with E-state index in [1.54, 1.807) is 0 Å². The first-order valence-electron chi connectivity index (χ1n) is 16.9. The molecule has 0 fully saturated rings. The zero-order valence-electron chi connectivity index (χ0n) is 29.7. The molecule has 0 radical (unpaired) electrons. The third kappa shape index (κ3) is 7.79. The largest absolute Gasteiger partial charge is 0.381 e. The summed E-state index contributed by atoms with van der Waals surface area (Å²) in [5, 5.41) is 43.6. The van der Waals surface area contributed by atoms with Crippen molar-refractivity contribution in [3.05, 3.63) is 169 Å². The molecule has 0 aliphatic heterocycles. The Labute approximate surface area is 322 Å². The van der Waals surface area contributed by atoms with Gasteiger partial charge in [-0.1, -0.05) is 18.2 Å². The van der Waals surface area contributed by atoms with Gasteiger partial charge in [0.25, 0.3) is 0 Å². The summed E-state index contributed by atoms with van der Waals surface area (Å²) in [6.07, 6.45) is 12.7. The molecule has 5 aromatic heterocycles. The molecular weight excluding hydrogens is 776 g/mol. The fourth-order valence-electron chi connectivity index (χ4n) is 6.67. The smallest absolute Gasteiger partial charge is 0.146 e. The zero-order valence-corrected chi connectivity index (χ0v) is 29.7. The maximum atomic E-state index is 15.6. The van der Waals surface area contributed by atoms with Gasteiger partial charge in [-0.25, -0.2) is 70.0 Å². The molecule has 8 rings (SSSR count). The lowest BCUT2D eigenvalue weighted by atomic mass is 9.69. The molecular formula is C35H29F6N15O2. The lowest BCUT2D eigenvalue weighted by molar-refractivity contribution is -0.0958. The van der Waals surface area contributed by atoms with E-state index in [4.69, 9.17) is 0 Å². The van der Waals surface area contributed by atoms with Crippen molar-refractivity contribution < 1.29 is 36.6 Å². The van der Waals surface area contributed by atoms with Crippen LogP contribution in [0.1, 0.15) is 16.7 Å². The Hall–Kier alpha value is -7.14. The maximum Gasteiger partial charge on any atom is 0.146 e. The first-order valence-corrected chi connectivity index (χ1v) is 16.9. The summed E-state index contributed by atoms with van der Waals surface area (Å²) in [7, 11) is 0. The van der Waals surface area contributed by atoms with E-state index in [0.29, 0.717) is 12.1 Å². The van der Waals surface area contributed by atoms with E-state index in [2.05, 4.69) is 50.4 Å². The van der Waals surface area contributed by atoms with Gasteiger partial charge in [0.2, 0.25) is 0 Å². The van der Waals surface area contributed by atoms with Gasteiger partial charge in [0, 0.05) is 34.9 Å². The Bertz CT molecular complexity index is 2500. The van der Waals surface area contributed by atoms with Gasteiger partial charge in [-0.15, -0.1) is 0 Å². The van der Waals surface area contributed by atoms with E-state index in [0.717, 1.165) is 47.4 Å². The fourth-order valence-corrected chi connectivity index (χ4v) is 6.67. The first-order chi connectivity index (χ1) is 27.9. The molecule has 2 atom stereocenters. The Kier molecular flexibility index (Phi) is 10.9. The van der Waals surface area contributed by atoms with Crippen LogP contribution in [0.15, 0.2) is 118 Å². The summed E-state index contributed by atoms with van der Waals surface area (Å²) in [5.74, 6) is -5.52. The molecule has 8 aromatic rings. The number of halogens is 6. The minimum absolute atomic E-state index is 0.0556. The van der Waals surface area contributed by atoms with Crippen LogP contribution in [0.25, 0.3) is 0 Å². The SMILES string of the molecule is OC(Cn1cncn1)(Cn1cncn1)c1ccc(F)cc1F.OC(Cn1cncn1)(c1ccc(F)cc1F)C(Cn1cncn1)(c1ccc(F)cc1F)n1cncn1. The highest BCUT2D eigenvalue weighted by Gasteiger charge is 2.58. The summed E-state index contributed by atoms with van der Waals surface area (Å²) in [4.78, 5) is 19.3. The number of aromatic nitrogens is 15. The topological polar surface area (TPSA) is 194 Å². The molecule has 0 amide bonds. The quantitative estimate of drug-likeness (QED) is 0.162. The number of hydrogen-bond donors (Lipinski definition) is 2. The van der Waals surface area contributed by atoms with Crippen LogP contribution in [-0.2, 0) is 42.9 Å². The average molecular weight is 806 g/mol. The van der Waals surface area contributed by atoms with Crippen LogP contribution < -0.4 is 0 Å². The van der Waals surface area contributed by atoms with Crippen LogP contribution in [0.3, 0.4) is 0 Å². The lowest BCUT2D eigenvalue weighted by Gasteiger charge is -2.47. The number of rotatable bonds is 13. The van der Waals surface area contributed by atoms with Crippen molar-refractivity contribution in [2.75, 3.05) is 0 Å². The molecule has 0 spiro atoms. The average Bonchev–Trinajstić information content (AvgIpc) is 4.02. The van der Waals surface area contributed by atoms with Crippen LogP contribution in [0, 0.1) is 34.9 Å². The van der Waals surface area contributed by atoms with E-state index in [1.807, 2.05) is 0 Å². The van der Waals surface area contributed by atoms with Gasteiger partial charge < -0.3 is 10.2 Å². The molecule has 2 N–H and O–H groups in total. The van der Waals surface area contributed by atoms with Crippen molar-refractivity contribution >= 4 is 0 Å². The number of benzene rings is 3. The van der Waals surface area contributed by atoms with E-state index in [-0.39, 0.29) is 30.8 Å². The van der Waals surface area contributed by atoms with Crippen LogP contribution in [-0.4, -0.2) is 84.0 Å². The third-order valence-corrected chi connectivity index (χ3v) is 9.18. The fraction of sp³-hybridized carbons (Fsp3) is 0.200. The minimum atomic E-state index is -2.48. The highest BCUT2D eigenvalue weighted by atomic mass is 19.2. The van der Waals surface area contributed by atoms with E-state index in [1.165, 1.54) is 81.7 Å². The molecule has 298 valence electrons. The predicted octanol–water partition coefficient (Wildman–Crippen LogP) is 2.79. The molecule has 17 nitrogen and oxygen atoms in total. The van der Waals surface area contributed by atoms with Gasteiger partial charge in [-0.2, -0.15) is 25.5 Å². The molecule has 58 heavy (non-hydrogen) atoms. The summed E-state index contributed by atoms with van der Waals surface area (Å²) < 4.78 is 92.5. The van der Waals surface area contributed by atoms with E-state index < -0.39 is 63.8 Å². The zero-order chi connectivity index (χ0) is 40.9. The standard InChI is InChI=1S/C22H17F4N9O.C13H12F2N6O/c23-15-1-3-17(19(25)5-15)21(35-14-29-11-32-35,7-33-12-27-9-30-33)22(36,8-34-13-28-10-31-34)18-4-2-16(24)6-20(18)26;14-10-1-2-11(12(15)3-10)13(22,4-20-8-16-6-18-20)5-21-9-17-7-19-21/h1-6,9-14,36H,7-8H2;1-3,6-9,22H,4-5H2. The highest BCUT2D eigenvalue weighted by Crippen LogP contribution is 2.47. The first kappa shape index (κ1) is 39.1. The molecule has 23 heteroatoms. The Morgan fingerprint density at radius 2 is 0.810 bits per heavy atom. The summed E-state index contributed by atoms with van der Waals surface area (Å²) in [5.41, 5.74) is -7.02. The molecule has 0 aliphatic rings. The van der Waals surface area contributed by atoms with Crippen molar-refractivity contribution in [3.63, 3.8) is 0 Å². The normalized spacial score (nSPS) is 13.7. The molecule has 3 aromatic carbocycles. The third-order valence-electron chi connectivity index (χ3n) is 9.18. The van der Waals surface area contributed by atoms with Crippen molar-refractivity contribution in [3.8, 4) is 0 Å². The van der Waals surface area contributed by atoms with Crippen LogP contribution >= 0.6 is 0 Å². The van der Waals surface area contributed by atoms with Crippen molar-refractivity contribution in [2.24, 2.45) is 0 Å². The Morgan fingerprint density at radius 1 is 0.431 bits per heavy atom.